The molecule has 0 atom stereocenters. The third-order valence-electron chi connectivity index (χ3n) is 3.34. The number of benzene rings is 1. The second-order valence-corrected chi connectivity index (χ2v) is 4.66. The van der Waals surface area contributed by atoms with E-state index < -0.39 is 11.6 Å². The first kappa shape index (κ1) is 12.5. The summed E-state index contributed by atoms with van der Waals surface area (Å²) in [6, 6.07) is 4.10. The van der Waals surface area contributed by atoms with E-state index in [4.69, 9.17) is 5.73 Å². The van der Waals surface area contributed by atoms with E-state index in [0.29, 0.717) is 18.0 Å². The molecule has 0 spiro atoms. The second kappa shape index (κ2) is 5.56. The topological polar surface area (TPSA) is 29.3 Å². The zero-order valence-electron chi connectivity index (χ0n) is 9.83. The molecule has 94 valence electrons. The molecule has 0 aliphatic carbocycles. The largest absolute Gasteiger partial charge is 0.328 e. The Morgan fingerprint density at radius 1 is 1.24 bits per heavy atom. The summed E-state index contributed by atoms with van der Waals surface area (Å²) in [5.41, 5.74) is 6.40. The summed E-state index contributed by atoms with van der Waals surface area (Å²) in [5.74, 6) is -0.964. The number of likely N-dealkylation sites (tertiary alicyclic amines) is 1. The van der Waals surface area contributed by atoms with Crippen LogP contribution < -0.4 is 5.73 Å². The minimum atomic E-state index is -0.518. The van der Waals surface area contributed by atoms with Gasteiger partial charge < -0.3 is 10.6 Å². The highest BCUT2D eigenvalue weighted by molar-refractivity contribution is 5.18. The zero-order valence-corrected chi connectivity index (χ0v) is 9.83. The highest BCUT2D eigenvalue weighted by Gasteiger charge is 2.16. The first-order valence-corrected chi connectivity index (χ1v) is 6.07. The first-order valence-electron chi connectivity index (χ1n) is 6.07. The molecule has 17 heavy (non-hydrogen) atoms. The molecular formula is C13H18F2N2. The fourth-order valence-electron chi connectivity index (χ4n) is 2.18. The van der Waals surface area contributed by atoms with Crippen LogP contribution in [-0.4, -0.2) is 30.6 Å². The fraction of sp³-hybridized carbons (Fsp3) is 0.538. The molecule has 1 fully saturated rings. The van der Waals surface area contributed by atoms with Crippen molar-refractivity contribution in [3.05, 3.63) is 35.4 Å². The van der Waals surface area contributed by atoms with Crippen molar-refractivity contribution in [3.8, 4) is 0 Å². The SMILES string of the molecule is NC1CCN(CCc2ccc(F)cc2F)CC1. The van der Waals surface area contributed by atoms with Crippen molar-refractivity contribution in [2.45, 2.75) is 25.3 Å². The van der Waals surface area contributed by atoms with Crippen LogP contribution in [0.1, 0.15) is 18.4 Å². The maximum absolute atomic E-state index is 13.4. The molecular weight excluding hydrogens is 222 g/mol. The summed E-state index contributed by atoms with van der Waals surface area (Å²) in [4.78, 5) is 2.28. The number of hydrogen-bond donors (Lipinski definition) is 1. The monoisotopic (exact) mass is 240 g/mol. The van der Waals surface area contributed by atoms with Gasteiger partial charge >= 0.3 is 0 Å². The van der Waals surface area contributed by atoms with Gasteiger partial charge in [-0.15, -0.1) is 0 Å². The number of halogens is 2. The van der Waals surface area contributed by atoms with Gasteiger partial charge in [-0.3, -0.25) is 0 Å². The van der Waals surface area contributed by atoms with E-state index in [2.05, 4.69) is 4.90 Å². The van der Waals surface area contributed by atoms with Crippen LogP contribution >= 0.6 is 0 Å². The molecule has 0 radical (unpaired) electrons. The van der Waals surface area contributed by atoms with Crippen LogP contribution in [0.25, 0.3) is 0 Å². The minimum Gasteiger partial charge on any atom is -0.328 e. The van der Waals surface area contributed by atoms with Gasteiger partial charge in [-0.05, 0) is 44.0 Å². The predicted octanol–water partition coefficient (Wildman–Crippen LogP) is 1.93. The van der Waals surface area contributed by atoms with Crippen molar-refractivity contribution in [2.75, 3.05) is 19.6 Å². The maximum Gasteiger partial charge on any atom is 0.129 e. The van der Waals surface area contributed by atoms with E-state index in [1.165, 1.54) is 12.1 Å². The van der Waals surface area contributed by atoms with Gasteiger partial charge in [0.2, 0.25) is 0 Å². The van der Waals surface area contributed by atoms with Gasteiger partial charge in [-0.2, -0.15) is 0 Å². The standard InChI is InChI=1S/C13H18F2N2/c14-11-2-1-10(13(15)9-11)3-6-17-7-4-12(16)5-8-17/h1-2,9,12H,3-8,16H2. The van der Waals surface area contributed by atoms with Crippen LogP contribution in [0.5, 0.6) is 0 Å². The van der Waals surface area contributed by atoms with E-state index in [9.17, 15) is 8.78 Å². The minimum absolute atomic E-state index is 0.314. The van der Waals surface area contributed by atoms with Gasteiger partial charge in [0, 0.05) is 18.7 Å². The molecule has 0 amide bonds. The molecule has 1 aliphatic rings. The molecule has 1 heterocycles. The Morgan fingerprint density at radius 2 is 1.94 bits per heavy atom. The van der Waals surface area contributed by atoms with Crippen LogP contribution in [0.4, 0.5) is 8.78 Å². The second-order valence-electron chi connectivity index (χ2n) is 4.66. The summed E-state index contributed by atoms with van der Waals surface area (Å²) in [7, 11) is 0. The number of nitrogens with zero attached hydrogens (tertiary/aromatic N) is 1. The lowest BCUT2D eigenvalue weighted by molar-refractivity contribution is 0.215. The normalized spacial score (nSPS) is 18.5. The summed E-state index contributed by atoms with van der Waals surface area (Å²) >= 11 is 0. The van der Waals surface area contributed by atoms with Crippen molar-refractivity contribution < 1.29 is 8.78 Å². The summed E-state index contributed by atoms with van der Waals surface area (Å²) in [6.45, 7) is 2.77. The number of hydrogen-bond acceptors (Lipinski definition) is 2. The average molecular weight is 240 g/mol. The molecule has 1 aromatic carbocycles. The average Bonchev–Trinajstić information content (AvgIpc) is 2.30. The summed E-state index contributed by atoms with van der Waals surface area (Å²) in [5, 5.41) is 0. The lowest BCUT2D eigenvalue weighted by Crippen LogP contribution is -2.40. The van der Waals surface area contributed by atoms with Gasteiger partial charge in [0.1, 0.15) is 11.6 Å². The Kier molecular flexibility index (Phi) is 4.07. The van der Waals surface area contributed by atoms with Crippen molar-refractivity contribution in [3.63, 3.8) is 0 Å². The molecule has 0 saturated carbocycles. The zero-order chi connectivity index (χ0) is 12.3. The van der Waals surface area contributed by atoms with Crippen molar-refractivity contribution >= 4 is 0 Å². The van der Waals surface area contributed by atoms with Crippen LogP contribution in [-0.2, 0) is 6.42 Å². The highest BCUT2D eigenvalue weighted by Crippen LogP contribution is 2.13. The predicted molar refractivity (Wildman–Crippen MR) is 63.7 cm³/mol. The summed E-state index contributed by atoms with van der Waals surface area (Å²) in [6.07, 6.45) is 2.64. The van der Waals surface area contributed by atoms with Crippen LogP contribution in [0.3, 0.4) is 0 Å². The maximum atomic E-state index is 13.4. The summed E-state index contributed by atoms with van der Waals surface area (Å²) < 4.78 is 26.1. The number of piperidine rings is 1. The van der Waals surface area contributed by atoms with Crippen molar-refractivity contribution in [2.24, 2.45) is 5.73 Å². The van der Waals surface area contributed by atoms with Crippen LogP contribution in [0.15, 0.2) is 18.2 Å². The Labute approximate surface area is 100 Å². The number of rotatable bonds is 3. The van der Waals surface area contributed by atoms with E-state index in [-0.39, 0.29) is 0 Å². The molecule has 2 N–H and O–H groups in total. The van der Waals surface area contributed by atoms with E-state index >= 15 is 0 Å². The quantitative estimate of drug-likeness (QED) is 0.874. The first-order chi connectivity index (χ1) is 8.15. The molecule has 2 rings (SSSR count). The lowest BCUT2D eigenvalue weighted by Gasteiger charge is -2.30. The molecule has 1 saturated heterocycles. The van der Waals surface area contributed by atoms with Crippen LogP contribution in [0.2, 0.25) is 0 Å². The Balaban J connectivity index is 1.85. The van der Waals surface area contributed by atoms with Gasteiger partial charge in [0.25, 0.3) is 0 Å². The highest BCUT2D eigenvalue weighted by atomic mass is 19.1. The molecule has 2 nitrogen and oxygen atoms in total. The van der Waals surface area contributed by atoms with Crippen molar-refractivity contribution in [1.29, 1.82) is 0 Å². The van der Waals surface area contributed by atoms with Gasteiger partial charge in [-0.25, -0.2) is 8.78 Å². The van der Waals surface area contributed by atoms with E-state index in [1.54, 1.807) is 0 Å². The molecule has 0 unspecified atom stereocenters. The Morgan fingerprint density at radius 3 is 2.59 bits per heavy atom. The molecule has 0 aromatic heterocycles. The van der Waals surface area contributed by atoms with Gasteiger partial charge in [-0.1, -0.05) is 6.07 Å². The molecule has 0 bridgehead atoms. The van der Waals surface area contributed by atoms with Gasteiger partial charge in [0.05, 0.1) is 0 Å². The number of nitrogens with two attached hydrogens (primary N) is 1. The lowest BCUT2D eigenvalue weighted by atomic mass is 10.0. The molecule has 1 aromatic rings. The molecule has 4 heteroatoms. The smallest absolute Gasteiger partial charge is 0.129 e. The van der Waals surface area contributed by atoms with Gasteiger partial charge in [0.15, 0.2) is 0 Å². The Hall–Kier alpha value is -1.00. The van der Waals surface area contributed by atoms with E-state index in [1.807, 2.05) is 0 Å². The Bertz CT molecular complexity index is 374. The third-order valence-corrected chi connectivity index (χ3v) is 3.34. The van der Waals surface area contributed by atoms with E-state index in [0.717, 1.165) is 38.5 Å². The fourth-order valence-corrected chi connectivity index (χ4v) is 2.18. The van der Waals surface area contributed by atoms with Crippen LogP contribution in [0, 0.1) is 11.6 Å². The van der Waals surface area contributed by atoms with Crippen molar-refractivity contribution in [1.82, 2.24) is 4.90 Å². The third kappa shape index (κ3) is 3.48. The molecule has 1 aliphatic heterocycles.